The second kappa shape index (κ2) is 10.3. The molecule has 6 rings (SSSR count). The van der Waals surface area contributed by atoms with Gasteiger partial charge in [-0.1, -0.05) is 72.3 Å². The number of hydrogen-bond donors (Lipinski definition) is 0. The molecule has 1 aromatic heterocycles. The van der Waals surface area contributed by atoms with Gasteiger partial charge in [-0.15, -0.1) is 0 Å². The van der Waals surface area contributed by atoms with Gasteiger partial charge in [-0.25, -0.2) is 4.98 Å². The van der Waals surface area contributed by atoms with Gasteiger partial charge in [0.1, 0.15) is 11.6 Å². The van der Waals surface area contributed by atoms with E-state index in [0.717, 1.165) is 58.5 Å². The van der Waals surface area contributed by atoms with E-state index in [1.54, 1.807) is 0 Å². The Balaban J connectivity index is 1.21. The molecule has 0 bridgehead atoms. The Morgan fingerprint density at radius 3 is 2.59 bits per heavy atom. The van der Waals surface area contributed by atoms with Crippen molar-refractivity contribution in [2.75, 3.05) is 18.1 Å². The number of carbonyl (C=O) groups excluding carboxylic acids is 1. The van der Waals surface area contributed by atoms with Gasteiger partial charge >= 0.3 is 0 Å². The number of unbranched alkanes of at least 4 members (excludes halogenated alkanes) is 1. The number of imidazole rings is 1. The van der Waals surface area contributed by atoms with Crippen LogP contribution in [0.3, 0.4) is 0 Å². The van der Waals surface area contributed by atoms with Crippen LogP contribution in [0.5, 0.6) is 5.75 Å². The van der Waals surface area contributed by atoms with Gasteiger partial charge in [-0.3, -0.25) is 4.79 Å². The molecule has 1 aliphatic heterocycles. The zero-order valence-electron chi connectivity index (χ0n) is 20.5. The molecule has 2 heterocycles. The maximum Gasteiger partial charge on any atom is 0.227 e. The van der Waals surface area contributed by atoms with E-state index in [2.05, 4.69) is 34.9 Å². The monoisotopic (exact) mass is 509 g/mol. The van der Waals surface area contributed by atoms with Crippen molar-refractivity contribution in [1.82, 2.24) is 9.55 Å². The molecule has 1 atom stereocenters. The summed E-state index contributed by atoms with van der Waals surface area (Å²) in [5, 5.41) is 2.88. The molecule has 0 spiro atoms. The van der Waals surface area contributed by atoms with Crippen molar-refractivity contribution in [3.05, 3.63) is 102 Å². The normalized spacial score (nSPS) is 15.6. The van der Waals surface area contributed by atoms with Gasteiger partial charge in [0.15, 0.2) is 0 Å². The van der Waals surface area contributed by atoms with Gasteiger partial charge in [0.05, 0.1) is 28.4 Å². The summed E-state index contributed by atoms with van der Waals surface area (Å²) in [6.07, 6.45) is 2.29. The molecule has 1 saturated heterocycles. The van der Waals surface area contributed by atoms with Gasteiger partial charge in [0.25, 0.3) is 0 Å². The number of hydrogen-bond acceptors (Lipinski definition) is 3. The van der Waals surface area contributed by atoms with Crippen molar-refractivity contribution in [3.8, 4) is 5.75 Å². The Labute approximate surface area is 221 Å². The fourth-order valence-electron chi connectivity index (χ4n) is 5.31. The van der Waals surface area contributed by atoms with Crippen LogP contribution in [0.25, 0.3) is 21.8 Å². The zero-order valence-corrected chi connectivity index (χ0v) is 21.3. The Kier molecular flexibility index (Phi) is 6.54. The van der Waals surface area contributed by atoms with Crippen LogP contribution in [0.2, 0.25) is 5.02 Å². The third-order valence-electron chi connectivity index (χ3n) is 7.10. The molecule has 0 radical (unpaired) electrons. The summed E-state index contributed by atoms with van der Waals surface area (Å²) >= 11 is 6.21. The number of rotatable bonds is 8. The first-order valence-electron chi connectivity index (χ1n) is 12.8. The molecule has 0 aliphatic carbocycles. The minimum absolute atomic E-state index is 0.0400. The Morgan fingerprint density at radius 2 is 1.68 bits per heavy atom. The number of nitrogens with zero attached hydrogens (tertiary/aromatic N) is 3. The van der Waals surface area contributed by atoms with E-state index in [-0.39, 0.29) is 11.8 Å². The third-order valence-corrected chi connectivity index (χ3v) is 7.41. The molecule has 1 unspecified atom stereocenters. The number of para-hydroxylation sites is 3. The second-order valence-corrected chi connectivity index (χ2v) is 9.91. The molecule has 5 aromatic rings. The number of halogens is 1. The summed E-state index contributed by atoms with van der Waals surface area (Å²) in [6.45, 7) is 2.05. The molecular formula is C31H28ClN3O2. The van der Waals surface area contributed by atoms with Crippen molar-refractivity contribution in [3.63, 3.8) is 0 Å². The molecule has 186 valence electrons. The predicted molar refractivity (Wildman–Crippen MR) is 150 cm³/mol. The van der Waals surface area contributed by atoms with Crippen LogP contribution in [0.1, 0.15) is 31.0 Å². The first kappa shape index (κ1) is 23.6. The molecule has 1 aliphatic rings. The maximum atomic E-state index is 13.3. The lowest BCUT2D eigenvalue weighted by molar-refractivity contribution is -0.117. The average molecular weight is 510 g/mol. The number of aryl methyl sites for hydroxylation is 1. The van der Waals surface area contributed by atoms with E-state index in [1.165, 1.54) is 0 Å². The van der Waals surface area contributed by atoms with Crippen molar-refractivity contribution in [2.45, 2.75) is 31.7 Å². The van der Waals surface area contributed by atoms with Crippen LogP contribution in [0.4, 0.5) is 5.69 Å². The largest absolute Gasteiger partial charge is 0.492 e. The third kappa shape index (κ3) is 4.67. The summed E-state index contributed by atoms with van der Waals surface area (Å²) in [6, 6.07) is 30.2. The highest BCUT2D eigenvalue weighted by molar-refractivity contribution is 6.32. The number of aromatic nitrogens is 2. The molecule has 37 heavy (non-hydrogen) atoms. The van der Waals surface area contributed by atoms with E-state index < -0.39 is 0 Å². The number of amides is 1. The van der Waals surface area contributed by atoms with Gasteiger partial charge in [-0.05, 0) is 48.6 Å². The summed E-state index contributed by atoms with van der Waals surface area (Å²) in [4.78, 5) is 20.2. The Bertz CT molecular complexity index is 1570. The van der Waals surface area contributed by atoms with Crippen molar-refractivity contribution in [2.24, 2.45) is 0 Å². The second-order valence-electron chi connectivity index (χ2n) is 9.50. The zero-order chi connectivity index (χ0) is 25.2. The summed E-state index contributed by atoms with van der Waals surface area (Å²) in [5.41, 5.74) is 3.06. The number of benzene rings is 4. The smallest absolute Gasteiger partial charge is 0.227 e. The van der Waals surface area contributed by atoms with E-state index in [4.69, 9.17) is 21.3 Å². The molecule has 6 heteroatoms. The van der Waals surface area contributed by atoms with Crippen LogP contribution in [-0.2, 0) is 11.3 Å². The highest BCUT2D eigenvalue weighted by atomic mass is 35.5. The highest BCUT2D eigenvalue weighted by Gasteiger charge is 2.35. The Morgan fingerprint density at radius 1 is 0.892 bits per heavy atom. The number of anilines is 1. The lowest BCUT2D eigenvalue weighted by Crippen LogP contribution is -2.24. The van der Waals surface area contributed by atoms with Gasteiger partial charge in [-0.2, -0.15) is 0 Å². The molecule has 1 fully saturated rings. The van der Waals surface area contributed by atoms with Crippen molar-refractivity contribution >= 4 is 45.0 Å². The molecule has 0 N–H and O–H groups in total. The van der Waals surface area contributed by atoms with Gasteiger partial charge < -0.3 is 14.2 Å². The molecule has 4 aromatic carbocycles. The lowest BCUT2D eigenvalue weighted by Gasteiger charge is -2.19. The minimum atomic E-state index is 0.0400. The van der Waals surface area contributed by atoms with Crippen LogP contribution < -0.4 is 9.64 Å². The van der Waals surface area contributed by atoms with Crippen molar-refractivity contribution < 1.29 is 9.53 Å². The predicted octanol–water partition coefficient (Wildman–Crippen LogP) is 7.22. The number of carbonyl (C=O) groups is 1. The minimum Gasteiger partial charge on any atom is -0.492 e. The summed E-state index contributed by atoms with van der Waals surface area (Å²) in [7, 11) is 0. The Hall–Kier alpha value is -3.83. The standard InChI is InChI=1S/C31H28ClN3O2/c32-25-13-3-6-17-29(25)37-19-8-7-18-34-28-15-5-4-14-26(28)33-31(34)23-20-30(36)35(21-23)27-16-9-11-22-10-1-2-12-24(22)27/h1-6,9-17,23H,7-8,18-21H2. The first-order chi connectivity index (χ1) is 18.2. The topological polar surface area (TPSA) is 47.4 Å². The van der Waals surface area contributed by atoms with Crippen molar-refractivity contribution in [1.29, 1.82) is 0 Å². The fraction of sp³-hybridized carbons (Fsp3) is 0.226. The molecule has 0 saturated carbocycles. The maximum absolute atomic E-state index is 13.3. The quantitative estimate of drug-likeness (QED) is 0.207. The van der Waals surface area contributed by atoms with E-state index >= 15 is 0 Å². The van der Waals surface area contributed by atoms with E-state index in [9.17, 15) is 4.79 Å². The van der Waals surface area contributed by atoms with Crippen LogP contribution >= 0.6 is 11.6 Å². The summed E-state index contributed by atoms with van der Waals surface area (Å²) in [5.74, 6) is 1.89. The fourth-order valence-corrected chi connectivity index (χ4v) is 5.50. The van der Waals surface area contributed by atoms with Crippen LogP contribution in [0, 0.1) is 0 Å². The summed E-state index contributed by atoms with van der Waals surface area (Å²) < 4.78 is 8.18. The SMILES string of the molecule is O=C1CC(c2nc3ccccc3n2CCCCOc2ccccc2Cl)CN1c1cccc2ccccc12. The van der Waals surface area contributed by atoms with Gasteiger partial charge in [0, 0.05) is 30.8 Å². The van der Waals surface area contributed by atoms with E-state index in [1.807, 2.05) is 65.6 Å². The van der Waals surface area contributed by atoms with E-state index in [0.29, 0.717) is 24.6 Å². The molecular weight excluding hydrogens is 482 g/mol. The average Bonchev–Trinajstić information content (AvgIpc) is 3.49. The highest BCUT2D eigenvalue weighted by Crippen LogP contribution is 2.36. The van der Waals surface area contributed by atoms with Crippen LogP contribution in [-0.4, -0.2) is 28.6 Å². The van der Waals surface area contributed by atoms with Crippen LogP contribution in [0.15, 0.2) is 91.0 Å². The lowest BCUT2D eigenvalue weighted by atomic mass is 10.1. The number of fused-ring (bicyclic) bond motifs is 2. The molecule has 1 amide bonds. The van der Waals surface area contributed by atoms with Gasteiger partial charge in [0.2, 0.25) is 5.91 Å². The first-order valence-corrected chi connectivity index (χ1v) is 13.2. The molecule has 5 nitrogen and oxygen atoms in total. The number of ether oxygens (including phenoxy) is 1.